The second-order valence-corrected chi connectivity index (χ2v) is 4.51. The summed E-state index contributed by atoms with van der Waals surface area (Å²) in [5.41, 5.74) is 2.94. The second-order valence-electron chi connectivity index (χ2n) is 3.05. The van der Waals surface area contributed by atoms with Crippen LogP contribution in [-0.4, -0.2) is 9.97 Å². The van der Waals surface area contributed by atoms with Crippen LogP contribution < -0.4 is 0 Å². The molecule has 0 bridgehead atoms. The minimum atomic E-state index is 0.311. The SMILES string of the molecule is Cc1cc(-c2ccsc2C)nc(Cl)n1. The molecule has 2 heterocycles. The van der Waals surface area contributed by atoms with Gasteiger partial charge in [-0.1, -0.05) is 0 Å². The first-order valence-electron chi connectivity index (χ1n) is 4.22. The van der Waals surface area contributed by atoms with Crippen LogP contribution in [0.3, 0.4) is 0 Å². The summed E-state index contributed by atoms with van der Waals surface area (Å²) in [5, 5.41) is 2.36. The zero-order valence-electron chi connectivity index (χ0n) is 7.91. The molecule has 0 atom stereocenters. The molecule has 0 amide bonds. The molecule has 2 rings (SSSR count). The van der Waals surface area contributed by atoms with Crippen molar-refractivity contribution in [3.05, 3.63) is 33.4 Å². The van der Waals surface area contributed by atoms with E-state index in [1.54, 1.807) is 11.3 Å². The summed E-state index contributed by atoms with van der Waals surface area (Å²) < 4.78 is 0. The molecule has 0 aliphatic heterocycles. The van der Waals surface area contributed by atoms with E-state index in [0.29, 0.717) is 5.28 Å². The van der Waals surface area contributed by atoms with Crippen LogP contribution in [0, 0.1) is 13.8 Å². The number of nitrogens with zero attached hydrogens (tertiary/aromatic N) is 2. The molecule has 0 aliphatic rings. The highest BCUT2D eigenvalue weighted by Gasteiger charge is 2.06. The third-order valence-electron chi connectivity index (χ3n) is 1.96. The van der Waals surface area contributed by atoms with E-state index in [0.717, 1.165) is 17.0 Å². The Morgan fingerprint density at radius 2 is 2.07 bits per heavy atom. The van der Waals surface area contributed by atoms with Crippen molar-refractivity contribution >= 4 is 22.9 Å². The molecule has 2 nitrogen and oxygen atoms in total. The predicted molar refractivity (Wildman–Crippen MR) is 59.8 cm³/mol. The van der Waals surface area contributed by atoms with Gasteiger partial charge < -0.3 is 0 Å². The Bertz CT molecular complexity index is 445. The maximum Gasteiger partial charge on any atom is 0.223 e. The summed E-state index contributed by atoms with van der Waals surface area (Å²) in [6.45, 7) is 3.99. The highest BCUT2D eigenvalue weighted by molar-refractivity contribution is 7.10. The van der Waals surface area contributed by atoms with Crippen LogP contribution >= 0.6 is 22.9 Å². The molecular formula is C10H9ClN2S. The first-order valence-corrected chi connectivity index (χ1v) is 5.48. The third kappa shape index (κ3) is 1.79. The lowest BCUT2D eigenvalue weighted by molar-refractivity contribution is 1.11. The molecule has 0 unspecified atom stereocenters. The van der Waals surface area contributed by atoms with Gasteiger partial charge in [0.05, 0.1) is 5.69 Å². The van der Waals surface area contributed by atoms with Crippen molar-refractivity contribution in [1.29, 1.82) is 0 Å². The Kier molecular flexibility index (Phi) is 2.52. The van der Waals surface area contributed by atoms with Crippen molar-refractivity contribution in [1.82, 2.24) is 9.97 Å². The Hall–Kier alpha value is -0.930. The second kappa shape index (κ2) is 3.67. The zero-order valence-corrected chi connectivity index (χ0v) is 9.49. The number of hydrogen-bond donors (Lipinski definition) is 0. The van der Waals surface area contributed by atoms with Crippen molar-refractivity contribution in [2.45, 2.75) is 13.8 Å². The van der Waals surface area contributed by atoms with Gasteiger partial charge in [-0.3, -0.25) is 0 Å². The van der Waals surface area contributed by atoms with Crippen LogP contribution in [-0.2, 0) is 0 Å². The first kappa shape index (κ1) is 9.62. The van der Waals surface area contributed by atoms with E-state index < -0.39 is 0 Å². The van der Waals surface area contributed by atoms with Crippen LogP contribution in [0.4, 0.5) is 0 Å². The molecular weight excluding hydrogens is 216 g/mol. The van der Waals surface area contributed by atoms with Crippen molar-refractivity contribution in [2.75, 3.05) is 0 Å². The topological polar surface area (TPSA) is 25.8 Å². The van der Waals surface area contributed by atoms with Crippen molar-refractivity contribution < 1.29 is 0 Å². The molecule has 2 aromatic heterocycles. The Morgan fingerprint density at radius 3 is 2.64 bits per heavy atom. The molecule has 0 aliphatic carbocycles. The number of aromatic nitrogens is 2. The van der Waals surface area contributed by atoms with Gasteiger partial charge in [-0.05, 0) is 43.0 Å². The van der Waals surface area contributed by atoms with Gasteiger partial charge in [-0.25, -0.2) is 9.97 Å². The fourth-order valence-electron chi connectivity index (χ4n) is 1.32. The van der Waals surface area contributed by atoms with Gasteiger partial charge in [0.2, 0.25) is 5.28 Å². The van der Waals surface area contributed by atoms with Crippen molar-refractivity contribution in [3.63, 3.8) is 0 Å². The number of aryl methyl sites for hydroxylation is 2. The van der Waals surface area contributed by atoms with Gasteiger partial charge in [0, 0.05) is 16.1 Å². The van der Waals surface area contributed by atoms with Gasteiger partial charge >= 0.3 is 0 Å². The van der Waals surface area contributed by atoms with E-state index in [1.165, 1.54) is 4.88 Å². The van der Waals surface area contributed by atoms with E-state index in [-0.39, 0.29) is 0 Å². The van der Waals surface area contributed by atoms with Gasteiger partial charge in [-0.15, -0.1) is 11.3 Å². The van der Waals surface area contributed by atoms with Crippen molar-refractivity contribution in [3.8, 4) is 11.3 Å². The summed E-state index contributed by atoms with van der Waals surface area (Å²) in [5.74, 6) is 0. The minimum absolute atomic E-state index is 0.311. The fourth-order valence-corrected chi connectivity index (χ4v) is 2.25. The van der Waals surface area contributed by atoms with E-state index in [2.05, 4.69) is 28.3 Å². The molecule has 0 saturated carbocycles. The van der Waals surface area contributed by atoms with Crippen LogP contribution in [0.15, 0.2) is 17.5 Å². The van der Waals surface area contributed by atoms with Gasteiger partial charge in [0.25, 0.3) is 0 Å². The van der Waals surface area contributed by atoms with Crippen LogP contribution in [0.5, 0.6) is 0 Å². The lowest BCUT2D eigenvalue weighted by Gasteiger charge is -2.01. The molecule has 14 heavy (non-hydrogen) atoms. The average Bonchev–Trinajstić information content (AvgIpc) is 2.49. The van der Waals surface area contributed by atoms with Crippen LogP contribution in [0.2, 0.25) is 5.28 Å². The molecule has 0 saturated heterocycles. The molecule has 0 aromatic carbocycles. The molecule has 0 N–H and O–H groups in total. The lowest BCUT2D eigenvalue weighted by atomic mass is 10.2. The van der Waals surface area contributed by atoms with E-state index in [4.69, 9.17) is 11.6 Å². The maximum atomic E-state index is 5.80. The molecule has 0 radical (unpaired) electrons. The Labute approximate surface area is 91.6 Å². The standard InChI is InChI=1S/C10H9ClN2S/c1-6-5-9(13-10(11)12-6)8-3-4-14-7(8)2/h3-5H,1-2H3. The van der Waals surface area contributed by atoms with Gasteiger partial charge in [0.1, 0.15) is 0 Å². The number of thiophene rings is 1. The Morgan fingerprint density at radius 1 is 1.29 bits per heavy atom. The van der Waals surface area contributed by atoms with Crippen LogP contribution in [0.1, 0.15) is 10.6 Å². The zero-order chi connectivity index (χ0) is 10.1. The predicted octanol–water partition coefficient (Wildman–Crippen LogP) is 3.48. The molecule has 0 fully saturated rings. The molecule has 2 aromatic rings. The third-order valence-corrected chi connectivity index (χ3v) is 2.98. The van der Waals surface area contributed by atoms with Gasteiger partial charge in [0.15, 0.2) is 0 Å². The monoisotopic (exact) mass is 224 g/mol. The molecule has 0 spiro atoms. The smallest absolute Gasteiger partial charge is 0.223 e. The maximum absolute atomic E-state index is 5.80. The number of rotatable bonds is 1. The minimum Gasteiger partial charge on any atom is -0.223 e. The molecule has 72 valence electrons. The summed E-state index contributed by atoms with van der Waals surface area (Å²) in [7, 11) is 0. The van der Waals surface area contributed by atoms with Crippen molar-refractivity contribution in [2.24, 2.45) is 0 Å². The summed E-state index contributed by atoms with van der Waals surface area (Å²) in [4.78, 5) is 9.48. The van der Waals surface area contributed by atoms with Gasteiger partial charge in [-0.2, -0.15) is 0 Å². The van der Waals surface area contributed by atoms with E-state index in [9.17, 15) is 0 Å². The lowest BCUT2D eigenvalue weighted by Crippen LogP contribution is -1.90. The fraction of sp³-hybridized carbons (Fsp3) is 0.200. The van der Waals surface area contributed by atoms with Crippen LogP contribution in [0.25, 0.3) is 11.3 Å². The highest BCUT2D eigenvalue weighted by atomic mass is 35.5. The Balaban J connectivity index is 2.57. The van der Waals surface area contributed by atoms with E-state index >= 15 is 0 Å². The number of hydrogen-bond acceptors (Lipinski definition) is 3. The molecule has 4 heteroatoms. The normalized spacial score (nSPS) is 10.5. The first-order chi connectivity index (χ1) is 6.66. The average molecular weight is 225 g/mol. The summed E-state index contributed by atoms with van der Waals surface area (Å²) in [6, 6.07) is 4.00. The summed E-state index contributed by atoms with van der Waals surface area (Å²) in [6.07, 6.45) is 0. The largest absolute Gasteiger partial charge is 0.223 e. The van der Waals surface area contributed by atoms with E-state index in [1.807, 2.05) is 13.0 Å². The quantitative estimate of drug-likeness (QED) is 0.694. The number of halogens is 1. The highest BCUT2D eigenvalue weighted by Crippen LogP contribution is 2.26. The summed E-state index contributed by atoms with van der Waals surface area (Å²) >= 11 is 7.51.